The summed E-state index contributed by atoms with van der Waals surface area (Å²) in [4.78, 5) is 12.3. The molecular weight excluding hydrogens is 389 g/mol. The van der Waals surface area contributed by atoms with Gasteiger partial charge in [0.25, 0.3) is 0 Å². The van der Waals surface area contributed by atoms with Crippen molar-refractivity contribution >= 4 is 23.4 Å². The van der Waals surface area contributed by atoms with Gasteiger partial charge in [0.2, 0.25) is 10.0 Å². The SMILES string of the molecule is CCS(=O)(=O)NC1(P(=O)(OC(C)C)OC(C)C)C=CC(=O)c2ccccc21. The van der Waals surface area contributed by atoms with Crippen LogP contribution < -0.4 is 4.72 Å². The Balaban J connectivity index is 2.84. The summed E-state index contributed by atoms with van der Waals surface area (Å²) in [5.41, 5.74) is 0.498. The van der Waals surface area contributed by atoms with E-state index in [1.54, 1.807) is 52.0 Å². The van der Waals surface area contributed by atoms with Crippen molar-refractivity contribution in [2.45, 2.75) is 52.1 Å². The van der Waals surface area contributed by atoms with E-state index < -0.39 is 35.1 Å². The van der Waals surface area contributed by atoms with E-state index in [0.717, 1.165) is 0 Å². The average Bonchev–Trinajstić information content (AvgIpc) is 2.56. The molecule has 0 radical (unpaired) electrons. The Bertz CT molecular complexity index is 879. The van der Waals surface area contributed by atoms with Crippen LogP contribution in [0.3, 0.4) is 0 Å². The van der Waals surface area contributed by atoms with Crippen LogP contribution >= 0.6 is 7.60 Å². The number of carbonyl (C=O) groups excluding carboxylic acids is 1. The lowest BCUT2D eigenvalue weighted by Crippen LogP contribution is -2.48. The summed E-state index contributed by atoms with van der Waals surface area (Å²) >= 11 is 0. The number of benzene rings is 1. The molecule has 1 aromatic carbocycles. The molecule has 1 atom stereocenters. The van der Waals surface area contributed by atoms with Gasteiger partial charge in [-0.05, 0) is 46.8 Å². The maximum absolute atomic E-state index is 14.0. The second-order valence-corrected chi connectivity index (χ2v) is 11.0. The number of allylic oxidation sites excluding steroid dienone is 1. The smallest absolute Gasteiger partial charge is 0.304 e. The van der Waals surface area contributed by atoms with Crippen molar-refractivity contribution in [3.8, 4) is 0 Å². The van der Waals surface area contributed by atoms with E-state index in [1.807, 2.05) is 0 Å². The van der Waals surface area contributed by atoms with Crippen LogP contribution in [0, 0.1) is 0 Å². The molecule has 0 bridgehead atoms. The Labute approximate surface area is 160 Å². The van der Waals surface area contributed by atoms with Gasteiger partial charge < -0.3 is 9.05 Å². The molecule has 9 heteroatoms. The van der Waals surface area contributed by atoms with E-state index in [4.69, 9.17) is 9.05 Å². The highest BCUT2D eigenvalue weighted by Gasteiger charge is 2.56. The van der Waals surface area contributed by atoms with Crippen LogP contribution in [0.5, 0.6) is 0 Å². The van der Waals surface area contributed by atoms with Crippen molar-refractivity contribution in [3.63, 3.8) is 0 Å². The molecule has 2 rings (SSSR count). The van der Waals surface area contributed by atoms with Gasteiger partial charge in [0, 0.05) is 11.1 Å². The average molecular weight is 415 g/mol. The number of fused-ring (bicyclic) bond motifs is 1. The maximum atomic E-state index is 14.0. The maximum Gasteiger partial charge on any atom is 0.360 e. The molecule has 0 aliphatic heterocycles. The molecule has 1 aromatic rings. The first kappa shape index (κ1) is 22.0. The first-order valence-electron chi connectivity index (χ1n) is 8.78. The normalized spacial score (nSPS) is 20.3. The minimum atomic E-state index is -4.14. The van der Waals surface area contributed by atoms with Crippen LogP contribution in [-0.4, -0.2) is 32.2 Å². The van der Waals surface area contributed by atoms with Gasteiger partial charge in [-0.1, -0.05) is 24.3 Å². The molecule has 0 heterocycles. The molecule has 0 aromatic heterocycles. The summed E-state index contributed by atoms with van der Waals surface area (Å²) in [6.07, 6.45) is 1.49. The first-order valence-corrected chi connectivity index (χ1v) is 12.0. The monoisotopic (exact) mass is 415 g/mol. The number of nitrogens with one attached hydrogen (secondary N) is 1. The highest BCUT2D eigenvalue weighted by molar-refractivity contribution is 7.89. The number of sulfonamides is 1. The summed E-state index contributed by atoms with van der Waals surface area (Å²) in [7, 11) is -7.97. The van der Waals surface area contributed by atoms with E-state index in [-0.39, 0.29) is 22.7 Å². The molecule has 7 nitrogen and oxygen atoms in total. The zero-order chi connectivity index (χ0) is 20.5. The van der Waals surface area contributed by atoms with E-state index in [1.165, 1.54) is 19.1 Å². The molecule has 1 aliphatic rings. The standard InChI is InChI=1S/C18H26NO6PS/c1-6-27(22,23)19-18(26(21,24-13(2)3)25-14(4)5)12-11-17(20)15-9-7-8-10-16(15)18/h7-14,19H,6H2,1-5H3. The van der Waals surface area contributed by atoms with Crippen molar-refractivity contribution in [2.75, 3.05) is 5.75 Å². The van der Waals surface area contributed by atoms with E-state index in [0.29, 0.717) is 0 Å². The number of hydrogen-bond acceptors (Lipinski definition) is 6. The van der Waals surface area contributed by atoms with E-state index in [2.05, 4.69) is 4.72 Å². The van der Waals surface area contributed by atoms with E-state index >= 15 is 0 Å². The van der Waals surface area contributed by atoms with Gasteiger partial charge in [0.15, 0.2) is 11.1 Å². The third kappa shape index (κ3) is 4.41. The first-order chi connectivity index (χ1) is 12.5. The van der Waals surface area contributed by atoms with Crippen LogP contribution in [-0.2, 0) is 28.9 Å². The predicted octanol–water partition coefficient (Wildman–Crippen LogP) is 3.57. The lowest BCUT2D eigenvalue weighted by Gasteiger charge is -2.41. The second kappa shape index (κ2) is 7.97. The lowest BCUT2D eigenvalue weighted by atomic mass is 9.92. The molecule has 0 saturated carbocycles. The van der Waals surface area contributed by atoms with Crippen molar-refractivity contribution in [3.05, 3.63) is 47.5 Å². The molecule has 150 valence electrons. The fourth-order valence-corrected chi connectivity index (χ4v) is 6.75. The Morgan fingerprint density at radius 2 is 1.67 bits per heavy atom. The fraction of sp³-hybridized carbons (Fsp3) is 0.500. The minimum Gasteiger partial charge on any atom is -0.304 e. The second-order valence-electron chi connectivity index (χ2n) is 6.82. The summed E-state index contributed by atoms with van der Waals surface area (Å²) in [5.74, 6) is -0.542. The van der Waals surface area contributed by atoms with Crippen LogP contribution in [0.1, 0.15) is 50.5 Å². The number of ketones is 1. The third-order valence-corrected chi connectivity index (χ3v) is 8.21. The van der Waals surface area contributed by atoms with Crippen molar-refractivity contribution in [1.29, 1.82) is 0 Å². The molecule has 0 spiro atoms. The molecule has 0 fully saturated rings. The van der Waals surface area contributed by atoms with Crippen molar-refractivity contribution in [2.24, 2.45) is 0 Å². The molecule has 0 amide bonds. The third-order valence-electron chi connectivity index (χ3n) is 3.90. The van der Waals surface area contributed by atoms with Crippen molar-refractivity contribution in [1.82, 2.24) is 4.72 Å². The van der Waals surface area contributed by atoms with Gasteiger partial charge in [-0.15, -0.1) is 0 Å². The number of rotatable bonds is 8. The topological polar surface area (TPSA) is 98.8 Å². The van der Waals surface area contributed by atoms with Gasteiger partial charge in [-0.25, -0.2) is 8.42 Å². The number of carbonyl (C=O) groups is 1. The largest absolute Gasteiger partial charge is 0.360 e. The molecule has 27 heavy (non-hydrogen) atoms. The Morgan fingerprint density at radius 1 is 1.11 bits per heavy atom. The minimum absolute atomic E-state index is 0.234. The molecule has 1 unspecified atom stereocenters. The van der Waals surface area contributed by atoms with Gasteiger partial charge in [-0.3, -0.25) is 9.36 Å². The van der Waals surface area contributed by atoms with Crippen LogP contribution in [0.2, 0.25) is 0 Å². The predicted molar refractivity (Wildman–Crippen MR) is 104 cm³/mol. The summed E-state index contributed by atoms with van der Waals surface area (Å²) in [6, 6.07) is 6.43. The summed E-state index contributed by atoms with van der Waals surface area (Å²) < 4.78 is 53.0. The Kier molecular flexibility index (Phi) is 6.49. The zero-order valence-corrected chi connectivity index (χ0v) is 17.8. The summed E-state index contributed by atoms with van der Waals surface area (Å²) in [5, 5.41) is -1.83. The molecule has 1 aliphatic carbocycles. The van der Waals surface area contributed by atoms with Gasteiger partial charge >= 0.3 is 7.60 Å². The van der Waals surface area contributed by atoms with Gasteiger partial charge in [-0.2, -0.15) is 4.72 Å². The van der Waals surface area contributed by atoms with Crippen molar-refractivity contribution < 1.29 is 26.8 Å². The number of hydrogen-bond donors (Lipinski definition) is 1. The van der Waals surface area contributed by atoms with E-state index in [9.17, 15) is 17.8 Å². The highest BCUT2D eigenvalue weighted by atomic mass is 32.2. The zero-order valence-electron chi connectivity index (χ0n) is 16.1. The summed E-state index contributed by atoms with van der Waals surface area (Å²) in [6.45, 7) is 8.20. The van der Waals surface area contributed by atoms with Crippen LogP contribution in [0.25, 0.3) is 0 Å². The molecular formula is C18H26NO6PS. The van der Waals surface area contributed by atoms with Gasteiger partial charge in [0.05, 0.1) is 18.0 Å². The molecule has 1 N–H and O–H groups in total. The van der Waals surface area contributed by atoms with Crippen LogP contribution in [0.4, 0.5) is 0 Å². The highest BCUT2D eigenvalue weighted by Crippen LogP contribution is 2.67. The quantitative estimate of drug-likeness (QED) is 0.652. The van der Waals surface area contributed by atoms with Gasteiger partial charge in [0.1, 0.15) is 0 Å². The Morgan fingerprint density at radius 3 is 2.19 bits per heavy atom. The lowest BCUT2D eigenvalue weighted by molar-refractivity contribution is 0.103. The van der Waals surface area contributed by atoms with Crippen LogP contribution in [0.15, 0.2) is 36.4 Å². The Hall–Kier alpha value is -1.31. The molecule has 0 saturated heterocycles. The fourth-order valence-electron chi connectivity index (χ4n) is 2.85.